The van der Waals surface area contributed by atoms with Crippen LogP contribution in [0.2, 0.25) is 0 Å². The first-order valence-corrected chi connectivity index (χ1v) is 6.99. The topological polar surface area (TPSA) is 41.6 Å². The number of nitrogens with zero attached hydrogens (tertiary/aromatic N) is 1. The minimum absolute atomic E-state index is 0.159. The van der Waals surface area contributed by atoms with Crippen molar-refractivity contribution in [2.45, 2.75) is 31.2 Å². The second kappa shape index (κ2) is 5.38. The van der Waals surface area contributed by atoms with Crippen LogP contribution in [0, 0.1) is 0 Å². The van der Waals surface area contributed by atoms with Gasteiger partial charge in [-0.3, -0.25) is 4.79 Å². The Bertz CT molecular complexity index is 256. The Morgan fingerprint density at radius 1 is 1.50 bits per heavy atom. The Hall–Kier alpha value is -0.260. The molecular weight excluding hydrogens is 224 g/mol. The normalized spacial score (nSPS) is 36.1. The smallest absolute Gasteiger partial charge is 0.253 e. The van der Waals surface area contributed by atoms with Crippen LogP contribution in [-0.2, 0) is 9.53 Å². The largest absolute Gasteiger partial charge is 0.366 e. The summed E-state index contributed by atoms with van der Waals surface area (Å²) in [7, 11) is 0. The highest BCUT2D eigenvalue weighted by Gasteiger charge is 2.33. The average Bonchev–Trinajstić information content (AvgIpc) is 2.33. The molecule has 2 aliphatic heterocycles. The van der Waals surface area contributed by atoms with Crippen molar-refractivity contribution in [3.8, 4) is 0 Å². The lowest BCUT2D eigenvalue weighted by Gasteiger charge is -2.39. The summed E-state index contributed by atoms with van der Waals surface area (Å²) in [5.74, 6) is 1.20. The van der Waals surface area contributed by atoms with Gasteiger partial charge in [0.15, 0.2) is 0 Å². The third-order valence-corrected chi connectivity index (χ3v) is 4.71. The van der Waals surface area contributed by atoms with Gasteiger partial charge in [-0.25, -0.2) is 0 Å². The Labute approximate surface area is 101 Å². The molecule has 0 aromatic rings. The van der Waals surface area contributed by atoms with Gasteiger partial charge in [-0.1, -0.05) is 6.92 Å². The zero-order valence-electron chi connectivity index (χ0n) is 9.94. The first-order valence-electron chi connectivity index (χ1n) is 5.94. The molecule has 3 atom stereocenters. The summed E-state index contributed by atoms with van der Waals surface area (Å²) >= 11 is 1.94. The Morgan fingerprint density at radius 2 is 2.31 bits per heavy atom. The van der Waals surface area contributed by atoms with E-state index in [1.807, 2.05) is 16.7 Å². The van der Waals surface area contributed by atoms with Crippen molar-refractivity contribution in [1.82, 2.24) is 10.2 Å². The Balaban J connectivity index is 1.96. The number of hydrogen-bond acceptors (Lipinski definition) is 4. The monoisotopic (exact) mass is 244 g/mol. The van der Waals surface area contributed by atoms with Gasteiger partial charge < -0.3 is 15.0 Å². The maximum atomic E-state index is 12.3. The summed E-state index contributed by atoms with van der Waals surface area (Å²) in [6, 6.07) is 0.316. The van der Waals surface area contributed by atoms with Crippen molar-refractivity contribution in [3.63, 3.8) is 0 Å². The average molecular weight is 244 g/mol. The molecule has 2 rings (SSSR count). The summed E-state index contributed by atoms with van der Waals surface area (Å²) in [4.78, 5) is 14.2. The molecule has 0 bridgehead atoms. The number of carbonyl (C=O) groups excluding carboxylic acids is 1. The lowest BCUT2D eigenvalue weighted by molar-refractivity contribution is -0.147. The van der Waals surface area contributed by atoms with Gasteiger partial charge in [0, 0.05) is 36.7 Å². The Morgan fingerprint density at radius 3 is 3.00 bits per heavy atom. The molecule has 92 valence electrons. The number of rotatable bonds is 1. The van der Waals surface area contributed by atoms with E-state index < -0.39 is 0 Å². The fourth-order valence-electron chi connectivity index (χ4n) is 2.15. The predicted molar refractivity (Wildman–Crippen MR) is 65.7 cm³/mol. The van der Waals surface area contributed by atoms with Gasteiger partial charge in [0.25, 0.3) is 5.91 Å². The van der Waals surface area contributed by atoms with Crippen LogP contribution < -0.4 is 5.32 Å². The zero-order valence-corrected chi connectivity index (χ0v) is 10.8. The second-order valence-corrected chi connectivity index (χ2v) is 5.90. The number of thioether (sulfide) groups is 1. The molecule has 0 aromatic heterocycles. The number of morpholine rings is 1. The number of hydrogen-bond donors (Lipinski definition) is 1. The van der Waals surface area contributed by atoms with Crippen LogP contribution in [0.5, 0.6) is 0 Å². The van der Waals surface area contributed by atoms with Gasteiger partial charge in [0.1, 0.15) is 6.10 Å². The van der Waals surface area contributed by atoms with Crippen molar-refractivity contribution >= 4 is 17.7 Å². The molecule has 0 aromatic carbocycles. The molecule has 5 heteroatoms. The predicted octanol–water partition coefficient (Wildman–Crippen LogP) is 0.327. The molecule has 2 saturated heterocycles. The van der Waals surface area contributed by atoms with Gasteiger partial charge in [-0.2, -0.15) is 11.8 Å². The summed E-state index contributed by atoms with van der Waals surface area (Å²) < 4.78 is 5.52. The van der Waals surface area contributed by atoms with Crippen molar-refractivity contribution in [2.24, 2.45) is 0 Å². The minimum Gasteiger partial charge on any atom is -0.366 e. The molecule has 1 N–H and O–H groups in total. The molecular formula is C11H20N2O2S. The van der Waals surface area contributed by atoms with Crippen LogP contribution >= 0.6 is 11.8 Å². The number of amides is 1. The molecule has 4 nitrogen and oxygen atoms in total. The van der Waals surface area contributed by atoms with Crippen LogP contribution in [0.1, 0.15) is 13.8 Å². The van der Waals surface area contributed by atoms with Crippen LogP contribution in [0.3, 0.4) is 0 Å². The molecule has 0 radical (unpaired) electrons. The zero-order chi connectivity index (χ0) is 11.5. The highest BCUT2D eigenvalue weighted by Crippen LogP contribution is 2.25. The highest BCUT2D eigenvalue weighted by atomic mass is 32.2. The fourth-order valence-corrected chi connectivity index (χ4v) is 3.25. The summed E-state index contributed by atoms with van der Waals surface area (Å²) in [6.07, 6.45) is -0.272. The quantitative estimate of drug-likeness (QED) is 0.721. The first-order chi connectivity index (χ1) is 7.70. The number of nitrogens with one attached hydrogen (secondary N) is 1. The lowest BCUT2D eigenvalue weighted by Crippen LogP contribution is -2.55. The van der Waals surface area contributed by atoms with Gasteiger partial charge in [0.2, 0.25) is 0 Å². The standard InChI is InChI=1S/C11H20N2O2S/c1-8-9(2)16-6-4-13(8)11(14)10-7-12-3-5-15-10/h8-10,12H,3-7H2,1-2H3. The lowest BCUT2D eigenvalue weighted by atomic mass is 10.1. The van der Waals surface area contributed by atoms with E-state index in [-0.39, 0.29) is 12.0 Å². The molecule has 16 heavy (non-hydrogen) atoms. The van der Waals surface area contributed by atoms with Gasteiger partial charge in [0.05, 0.1) is 6.61 Å². The third-order valence-electron chi connectivity index (χ3n) is 3.37. The van der Waals surface area contributed by atoms with Crippen LogP contribution in [0.15, 0.2) is 0 Å². The van der Waals surface area contributed by atoms with Crippen molar-refractivity contribution in [1.29, 1.82) is 0 Å². The molecule has 3 unspecified atom stereocenters. The van der Waals surface area contributed by atoms with Crippen LogP contribution in [0.4, 0.5) is 0 Å². The van der Waals surface area contributed by atoms with E-state index in [2.05, 4.69) is 19.2 Å². The molecule has 2 heterocycles. The van der Waals surface area contributed by atoms with E-state index >= 15 is 0 Å². The van der Waals surface area contributed by atoms with E-state index in [4.69, 9.17) is 4.74 Å². The van der Waals surface area contributed by atoms with Crippen LogP contribution in [0.25, 0.3) is 0 Å². The Kier molecular flexibility index (Phi) is 4.10. The van der Waals surface area contributed by atoms with Crippen molar-refractivity contribution < 1.29 is 9.53 Å². The van der Waals surface area contributed by atoms with E-state index in [0.29, 0.717) is 24.4 Å². The minimum atomic E-state index is -0.272. The summed E-state index contributed by atoms with van der Waals surface area (Å²) in [5.41, 5.74) is 0. The third kappa shape index (κ3) is 2.52. The number of carbonyl (C=O) groups is 1. The van der Waals surface area contributed by atoms with E-state index in [0.717, 1.165) is 18.8 Å². The van der Waals surface area contributed by atoms with E-state index in [9.17, 15) is 4.79 Å². The maximum Gasteiger partial charge on any atom is 0.253 e. The van der Waals surface area contributed by atoms with Gasteiger partial charge in [-0.15, -0.1) is 0 Å². The molecule has 2 fully saturated rings. The molecule has 0 aliphatic carbocycles. The number of ether oxygens (including phenoxy) is 1. The summed E-state index contributed by atoms with van der Waals surface area (Å²) in [6.45, 7) is 7.33. The molecule has 0 spiro atoms. The SMILES string of the molecule is CC1SCCN(C(=O)C2CNCCO2)C1C. The van der Waals surface area contributed by atoms with E-state index in [1.165, 1.54) is 0 Å². The van der Waals surface area contributed by atoms with Gasteiger partial charge >= 0.3 is 0 Å². The van der Waals surface area contributed by atoms with E-state index in [1.54, 1.807) is 0 Å². The molecule has 0 saturated carbocycles. The highest BCUT2D eigenvalue weighted by molar-refractivity contribution is 8.00. The van der Waals surface area contributed by atoms with Crippen molar-refractivity contribution in [3.05, 3.63) is 0 Å². The maximum absolute atomic E-state index is 12.3. The summed E-state index contributed by atoms with van der Waals surface area (Å²) in [5, 5.41) is 3.73. The van der Waals surface area contributed by atoms with Crippen LogP contribution in [-0.4, -0.2) is 60.2 Å². The fraction of sp³-hybridized carbons (Fsp3) is 0.909. The second-order valence-electron chi connectivity index (χ2n) is 4.41. The van der Waals surface area contributed by atoms with Gasteiger partial charge in [-0.05, 0) is 6.92 Å². The van der Waals surface area contributed by atoms with Crippen molar-refractivity contribution in [2.75, 3.05) is 32.0 Å². The molecule has 1 amide bonds. The molecule has 2 aliphatic rings. The first kappa shape index (κ1) is 12.2.